The molecule has 1 nitrogen and oxygen atoms in total. The van der Waals surface area contributed by atoms with E-state index in [1.54, 1.807) is 0 Å². The van der Waals surface area contributed by atoms with E-state index < -0.39 is 0 Å². The van der Waals surface area contributed by atoms with Crippen LogP contribution in [-0.2, 0) is 6.54 Å². The zero-order chi connectivity index (χ0) is 8.27. The highest BCUT2D eigenvalue weighted by Gasteiger charge is 1.94. The maximum atomic E-state index is 3.81. The third-order valence-corrected chi connectivity index (χ3v) is 2.41. The number of benzene rings is 1. The van der Waals surface area contributed by atoms with Gasteiger partial charge in [0.1, 0.15) is 0 Å². The van der Waals surface area contributed by atoms with Crippen molar-refractivity contribution in [3.8, 4) is 0 Å². The van der Waals surface area contributed by atoms with Crippen LogP contribution >= 0.6 is 15.9 Å². The highest BCUT2D eigenvalue weighted by Crippen LogP contribution is 2.17. The Morgan fingerprint density at radius 2 is 2.27 bits per heavy atom. The minimum absolute atomic E-state index is 0.702. The molecule has 11 heavy (non-hydrogen) atoms. The van der Waals surface area contributed by atoms with Crippen molar-refractivity contribution in [1.82, 2.24) is 0 Å². The van der Waals surface area contributed by atoms with Crippen LogP contribution in [0.1, 0.15) is 11.1 Å². The summed E-state index contributed by atoms with van der Waals surface area (Å²) >= 11 is 3.43. The first-order chi connectivity index (χ1) is 5.24. The van der Waals surface area contributed by atoms with E-state index in [9.17, 15) is 0 Å². The molecular formula is C9H10BrN. The first-order valence-corrected chi connectivity index (χ1v) is 4.21. The molecule has 0 unspecified atom stereocenters. The van der Waals surface area contributed by atoms with Crippen LogP contribution in [0.2, 0.25) is 0 Å². The number of nitrogens with zero attached hydrogens (tertiary/aromatic N) is 1. The van der Waals surface area contributed by atoms with E-state index in [1.165, 1.54) is 11.1 Å². The Morgan fingerprint density at radius 1 is 1.55 bits per heavy atom. The minimum Gasteiger partial charge on any atom is -0.296 e. The average molecular weight is 212 g/mol. The summed E-state index contributed by atoms with van der Waals surface area (Å²) in [6, 6.07) is 6.19. The molecule has 0 aliphatic heterocycles. The van der Waals surface area contributed by atoms with E-state index in [1.807, 2.05) is 12.1 Å². The predicted molar refractivity (Wildman–Crippen MR) is 52.1 cm³/mol. The molecule has 0 N–H and O–H groups in total. The summed E-state index contributed by atoms with van der Waals surface area (Å²) in [6.45, 7) is 6.21. The molecule has 0 aliphatic carbocycles. The lowest BCUT2D eigenvalue weighted by atomic mass is 10.1. The highest BCUT2D eigenvalue weighted by molar-refractivity contribution is 9.10. The van der Waals surface area contributed by atoms with Crippen molar-refractivity contribution in [2.24, 2.45) is 4.99 Å². The van der Waals surface area contributed by atoms with E-state index >= 15 is 0 Å². The van der Waals surface area contributed by atoms with E-state index in [0.29, 0.717) is 6.54 Å². The normalized spacial score (nSPS) is 9.64. The van der Waals surface area contributed by atoms with Crippen molar-refractivity contribution >= 4 is 22.6 Å². The number of halogens is 1. The van der Waals surface area contributed by atoms with Crippen LogP contribution in [0, 0.1) is 6.92 Å². The third kappa shape index (κ3) is 2.15. The smallest absolute Gasteiger partial charge is 0.0632 e. The van der Waals surface area contributed by atoms with Gasteiger partial charge in [0, 0.05) is 4.47 Å². The zero-order valence-electron chi connectivity index (χ0n) is 6.47. The quantitative estimate of drug-likeness (QED) is 0.668. The highest BCUT2D eigenvalue weighted by atomic mass is 79.9. The number of aliphatic imine (C=N–C) groups is 1. The maximum absolute atomic E-state index is 3.81. The molecule has 0 heterocycles. The predicted octanol–water partition coefficient (Wildman–Crippen LogP) is 2.96. The molecule has 0 saturated heterocycles. The molecule has 1 aromatic rings. The van der Waals surface area contributed by atoms with Gasteiger partial charge in [0.2, 0.25) is 0 Å². The standard InChI is InChI=1S/C9H10BrN/c1-7-5-8(6-11-2)3-4-9(7)10/h3-5H,2,6H2,1H3. The second-order valence-electron chi connectivity index (χ2n) is 2.47. The van der Waals surface area contributed by atoms with Gasteiger partial charge in [-0.05, 0) is 30.8 Å². The largest absolute Gasteiger partial charge is 0.296 e. The van der Waals surface area contributed by atoms with E-state index in [0.717, 1.165) is 4.47 Å². The fourth-order valence-electron chi connectivity index (χ4n) is 0.934. The van der Waals surface area contributed by atoms with Gasteiger partial charge in [-0.2, -0.15) is 0 Å². The Balaban J connectivity index is 2.95. The third-order valence-electron chi connectivity index (χ3n) is 1.52. The van der Waals surface area contributed by atoms with Crippen molar-refractivity contribution < 1.29 is 0 Å². The fourth-order valence-corrected chi connectivity index (χ4v) is 1.18. The van der Waals surface area contributed by atoms with Crippen LogP contribution in [0.4, 0.5) is 0 Å². The van der Waals surface area contributed by atoms with Crippen LogP contribution in [0.15, 0.2) is 27.7 Å². The summed E-state index contributed by atoms with van der Waals surface area (Å²) in [6.07, 6.45) is 0. The average Bonchev–Trinajstić information content (AvgIpc) is 1.98. The van der Waals surface area contributed by atoms with E-state index in [4.69, 9.17) is 0 Å². The Bertz CT molecular complexity index is 268. The fraction of sp³-hybridized carbons (Fsp3) is 0.222. The lowest BCUT2D eigenvalue weighted by Crippen LogP contribution is -1.82. The Hall–Kier alpha value is -0.630. The minimum atomic E-state index is 0.702. The molecule has 0 amide bonds. The molecular weight excluding hydrogens is 202 g/mol. The van der Waals surface area contributed by atoms with Gasteiger partial charge in [-0.15, -0.1) is 0 Å². The lowest BCUT2D eigenvalue weighted by molar-refractivity contribution is 1.08. The summed E-state index contributed by atoms with van der Waals surface area (Å²) in [5.41, 5.74) is 2.45. The molecule has 1 rings (SSSR count). The van der Waals surface area contributed by atoms with Crippen LogP contribution in [0.5, 0.6) is 0 Å². The molecule has 58 valence electrons. The summed E-state index contributed by atoms with van der Waals surface area (Å²) in [5, 5.41) is 0. The SMILES string of the molecule is C=NCc1ccc(Br)c(C)c1. The van der Waals surface area contributed by atoms with Crippen molar-refractivity contribution in [2.45, 2.75) is 13.5 Å². The van der Waals surface area contributed by atoms with Crippen LogP contribution in [0.25, 0.3) is 0 Å². The van der Waals surface area contributed by atoms with Gasteiger partial charge in [-0.25, -0.2) is 0 Å². The Labute approximate surface area is 75.3 Å². The Kier molecular flexibility index (Phi) is 2.83. The number of aryl methyl sites for hydroxylation is 1. The van der Waals surface area contributed by atoms with E-state index in [-0.39, 0.29) is 0 Å². The summed E-state index contributed by atoms with van der Waals surface area (Å²) in [4.78, 5) is 3.81. The molecule has 0 aromatic heterocycles. The van der Waals surface area contributed by atoms with E-state index in [2.05, 4.69) is 40.6 Å². The molecule has 2 heteroatoms. The molecule has 0 fully saturated rings. The lowest BCUT2D eigenvalue weighted by Gasteiger charge is -2.00. The first-order valence-electron chi connectivity index (χ1n) is 3.41. The van der Waals surface area contributed by atoms with Crippen LogP contribution < -0.4 is 0 Å². The Morgan fingerprint density at radius 3 is 2.82 bits per heavy atom. The van der Waals surface area contributed by atoms with Crippen molar-refractivity contribution in [3.63, 3.8) is 0 Å². The van der Waals surface area contributed by atoms with Crippen molar-refractivity contribution in [3.05, 3.63) is 33.8 Å². The molecule has 0 spiro atoms. The van der Waals surface area contributed by atoms with Crippen molar-refractivity contribution in [2.75, 3.05) is 0 Å². The van der Waals surface area contributed by atoms with Gasteiger partial charge in [0.25, 0.3) is 0 Å². The van der Waals surface area contributed by atoms with Gasteiger partial charge in [0.15, 0.2) is 0 Å². The zero-order valence-corrected chi connectivity index (χ0v) is 8.06. The van der Waals surface area contributed by atoms with Gasteiger partial charge >= 0.3 is 0 Å². The second-order valence-corrected chi connectivity index (χ2v) is 3.32. The van der Waals surface area contributed by atoms with Gasteiger partial charge in [-0.1, -0.05) is 28.1 Å². The van der Waals surface area contributed by atoms with Gasteiger partial charge < -0.3 is 0 Å². The molecule has 0 bridgehead atoms. The molecule has 0 atom stereocenters. The summed E-state index contributed by atoms with van der Waals surface area (Å²) < 4.78 is 1.14. The molecule has 0 aliphatic rings. The number of hydrogen-bond donors (Lipinski definition) is 0. The van der Waals surface area contributed by atoms with Crippen molar-refractivity contribution in [1.29, 1.82) is 0 Å². The van der Waals surface area contributed by atoms with Crippen LogP contribution in [-0.4, -0.2) is 6.72 Å². The summed E-state index contributed by atoms with van der Waals surface area (Å²) in [7, 11) is 0. The topological polar surface area (TPSA) is 12.4 Å². The molecule has 0 saturated carbocycles. The summed E-state index contributed by atoms with van der Waals surface area (Å²) in [5.74, 6) is 0. The van der Waals surface area contributed by atoms with Gasteiger partial charge in [0.05, 0.1) is 6.54 Å². The first kappa shape index (κ1) is 8.47. The maximum Gasteiger partial charge on any atom is 0.0632 e. The number of rotatable bonds is 2. The molecule has 0 radical (unpaired) electrons. The monoisotopic (exact) mass is 211 g/mol. The van der Waals surface area contributed by atoms with Gasteiger partial charge in [-0.3, -0.25) is 4.99 Å². The second kappa shape index (κ2) is 3.67. The number of hydrogen-bond acceptors (Lipinski definition) is 1. The molecule has 1 aromatic carbocycles. The van der Waals surface area contributed by atoms with Crippen LogP contribution in [0.3, 0.4) is 0 Å².